The summed E-state index contributed by atoms with van der Waals surface area (Å²) in [7, 11) is 4.04. The molecule has 1 heterocycles. The first-order valence-electron chi connectivity index (χ1n) is 6.74. The van der Waals surface area contributed by atoms with E-state index in [-0.39, 0.29) is 22.8 Å². The third-order valence-corrected chi connectivity index (χ3v) is 3.51. The number of carbonyl (C=O) groups is 2. The molecule has 1 aromatic rings. The van der Waals surface area contributed by atoms with Crippen molar-refractivity contribution in [2.24, 2.45) is 0 Å². The second-order valence-electron chi connectivity index (χ2n) is 4.84. The molecule has 0 saturated carbocycles. The molecular weight excluding hydrogens is 304 g/mol. The number of hydrogen-bond acceptors (Lipinski definition) is 6. The average molecular weight is 322 g/mol. The number of allylic oxidation sites excluding steroid dienone is 1. The summed E-state index contributed by atoms with van der Waals surface area (Å²) >= 11 is 0. The highest BCUT2D eigenvalue weighted by Gasteiger charge is 2.33. The minimum Gasteiger partial charge on any atom is -0.502 e. The number of amides is 2. The third kappa shape index (κ3) is 3.01. The molecule has 0 radical (unpaired) electrons. The predicted molar refractivity (Wildman–Crippen MR) is 80.3 cm³/mol. The maximum Gasteiger partial charge on any atom is 0.337 e. The highest BCUT2D eigenvalue weighted by molar-refractivity contribution is 5.95. The van der Waals surface area contributed by atoms with E-state index in [0.29, 0.717) is 11.3 Å². The Morgan fingerprint density at radius 3 is 2.22 bits per heavy atom. The summed E-state index contributed by atoms with van der Waals surface area (Å²) in [5, 5.41) is 15.2. The van der Waals surface area contributed by atoms with E-state index in [2.05, 4.69) is 10.6 Å². The van der Waals surface area contributed by atoms with Crippen LogP contribution in [0.1, 0.15) is 18.5 Å². The second kappa shape index (κ2) is 6.47. The molecule has 0 aliphatic carbocycles. The quantitative estimate of drug-likeness (QED) is 0.720. The lowest BCUT2D eigenvalue weighted by atomic mass is 9.95. The van der Waals surface area contributed by atoms with Crippen molar-refractivity contribution in [3.63, 3.8) is 0 Å². The first-order valence-corrected chi connectivity index (χ1v) is 6.74. The van der Waals surface area contributed by atoms with Crippen LogP contribution in [0, 0.1) is 0 Å². The molecule has 2 amide bonds. The molecule has 1 unspecified atom stereocenters. The van der Waals surface area contributed by atoms with Gasteiger partial charge in [0, 0.05) is 5.70 Å². The predicted octanol–water partition coefficient (Wildman–Crippen LogP) is 1.21. The Morgan fingerprint density at radius 2 is 1.74 bits per heavy atom. The molecule has 1 aliphatic rings. The van der Waals surface area contributed by atoms with Gasteiger partial charge >= 0.3 is 12.0 Å². The van der Waals surface area contributed by atoms with Crippen LogP contribution < -0.4 is 20.1 Å². The van der Waals surface area contributed by atoms with Crippen molar-refractivity contribution in [3.05, 3.63) is 29.0 Å². The number of esters is 1. The summed E-state index contributed by atoms with van der Waals surface area (Å²) in [5.74, 6) is -0.423. The van der Waals surface area contributed by atoms with Gasteiger partial charge in [-0.1, -0.05) is 0 Å². The van der Waals surface area contributed by atoms with E-state index in [4.69, 9.17) is 14.2 Å². The Labute approximate surface area is 133 Å². The topological polar surface area (TPSA) is 106 Å². The molecule has 1 atom stereocenters. The number of hydrogen-bond donors (Lipinski definition) is 3. The van der Waals surface area contributed by atoms with Gasteiger partial charge in [0.15, 0.2) is 11.5 Å². The largest absolute Gasteiger partial charge is 0.502 e. The van der Waals surface area contributed by atoms with Gasteiger partial charge in [-0.3, -0.25) is 0 Å². The Kier molecular flexibility index (Phi) is 4.63. The van der Waals surface area contributed by atoms with Crippen molar-refractivity contribution >= 4 is 12.0 Å². The Bertz CT molecular complexity index is 658. The monoisotopic (exact) mass is 322 g/mol. The second-order valence-corrected chi connectivity index (χ2v) is 4.84. The fourth-order valence-electron chi connectivity index (χ4n) is 2.40. The number of phenolic OH excluding ortho intramolecular Hbond substituents is 1. The highest BCUT2D eigenvalue weighted by atomic mass is 16.5. The van der Waals surface area contributed by atoms with Gasteiger partial charge in [0.1, 0.15) is 0 Å². The Hall–Kier alpha value is -2.90. The van der Waals surface area contributed by atoms with Gasteiger partial charge in [-0.2, -0.15) is 0 Å². The minimum absolute atomic E-state index is 0.161. The van der Waals surface area contributed by atoms with Crippen molar-refractivity contribution in [3.8, 4) is 17.2 Å². The van der Waals surface area contributed by atoms with Crippen LogP contribution in [0.2, 0.25) is 0 Å². The van der Waals surface area contributed by atoms with Gasteiger partial charge in [-0.05, 0) is 24.6 Å². The van der Waals surface area contributed by atoms with Gasteiger partial charge in [0.25, 0.3) is 0 Å². The summed E-state index contributed by atoms with van der Waals surface area (Å²) in [6.45, 7) is 1.60. The Balaban J connectivity index is 2.60. The maximum absolute atomic E-state index is 12.1. The standard InChI is InChI=1S/C15H18N2O6/c1-7-11(14(19)23-4)12(17-15(20)16-7)8-5-9(21-2)13(18)10(6-8)22-3/h5-6,12,18H,1-4H3,(H2,16,17,20). The summed E-state index contributed by atoms with van der Waals surface area (Å²) < 4.78 is 15.0. The number of rotatable bonds is 4. The van der Waals surface area contributed by atoms with Crippen molar-refractivity contribution in [2.75, 3.05) is 21.3 Å². The molecule has 3 N–H and O–H groups in total. The zero-order chi connectivity index (χ0) is 17.1. The number of nitrogens with one attached hydrogen (secondary N) is 2. The lowest BCUT2D eigenvalue weighted by Crippen LogP contribution is -2.45. The zero-order valence-corrected chi connectivity index (χ0v) is 13.2. The molecule has 0 spiro atoms. The number of urea groups is 1. The molecule has 0 fully saturated rings. The number of ether oxygens (including phenoxy) is 3. The number of methoxy groups -OCH3 is 3. The zero-order valence-electron chi connectivity index (χ0n) is 13.2. The highest BCUT2D eigenvalue weighted by Crippen LogP contribution is 2.40. The lowest BCUT2D eigenvalue weighted by Gasteiger charge is -2.28. The normalized spacial score (nSPS) is 17.2. The fourth-order valence-corrected chi connectivity index (χ4v) is 2.40. The fraction of sp³-hybridized carbons (Fsp3) is 0.333. The average Bonchev–Trinajstić information content (AvgIpc) is 2.53. The lowest BCUT2D eigenvalue weighted by molar-refractivity contribution is -0.136. The van der Waals surface area contributed by atoms with Crippen LogP contribution in [-0.2, 0) is 9.53 Å². The molecule has 0 aromatic heterocycles. The summed E-state index contributed by atoms with van der Waals surface area (Å²) in [4.78, 5) is 23.8. The van der Waals surface area contributed by atoms with Gasteiger partial charge < -0.3 is 30.0 Å². The smallest absolute Gasteiger partial charge is 0.337 e. The first-order chi connectivity index (χ1) is 10.9. The summed E-state index contributed by atoms with van der Waals surface area (Å²) in [5.41, 5.74) is 1.14. The van der Waals surface area contributed by atoms with E-state index in [1.54, 1.807) is 6.92 Å². The molecule has 1 aliphatic heterocycles. The van der Waals surface area contributed by atoms with Crippen LogP contribution in [0.4, 0.5) is 4.79 Å². The van der Waals surface area contributed by atoms with E-state index in [1.807, 2.05) is 0 Å². The van der Waals surface area contributed by atoms with Crippen LogP contribution in [0.5, 0.6) is 17.2 Å². The summed E-state index contributed by atoms with van der Waals surface area (Å²) in [6, 6.07) is 1.82. The number of aromatic hydroxyl groups is 1. The van der Waals surface area contributed by atoms with E-state index < -0.39 is 18.0 Å². The first kappa shape index (κ1) is 16.5. The number of benzene rings is 1. The van der Waals surface area contributed by atoms with Crippen LogP contribution in [0.25, 0.3) is 0 Å². The van der Waals surface area contributed by atoms with Gasteiger partial charge in [0.05, 0.1) is 32.9 Å². The van der Waals surface area contributed by atoms with Crippen molar-refractivity contribution in [2.45, 2.75) is 13.0 Å². The number of carbonyl (C=O) groups excluding carboxylic acids is 2. The van der Waals surface area contributed by atoms with Gasteiger partial charge in [-0.15, -0.1) is 0 Å². The molecule has 0 saturated heterocycles. The third-order valence-electron chi connectivity index (χ3n) is 3.51. The van der Waals surface area contributed by atoms with Crippen molar-refractivity contribution < 1.29 is 28.9 Å². The van der Waals surface area contributed by atoms with Crippen LogP contribution in [-0.4, -0.2) is 38.4 Å². The van der Waals surface area contributed by atoms with Crippen LogP contribution in [0.3, 0.4) is 0 Å². The molecule has 8 nitrogen and oxygen atoms in total. The molecule has 23 heavy (non-hydrogen) atoms. The molecular formula is C15H18N2O6. The molecule has 124 valence electrons. The number of phenols is 1. The van der Waals surface area contributed by atoms with Crippen molar-refractivity contribution in [1.82, 2.24) is 10.6 Å². The minimum atomic E-state index is -0.764. The van der Waals surface area contributed by atoms with E-state index in [1.165, 1.54) is 33.5 Å². The maximum atomic E-state index is 12.1. The van der Waals surface area contributed by atoms with E-state index >= 15 is 0 Å². The van der Waals surface area contributed by atoms with Gasteiger partial charge in [0.2, 0.25) is 5.75 Å². The van der Waals surface area contributed by atoms with Crippen LogP contribution >= 0.6 is 0 Å². The molecule has 0 bridgehead atoms. The molecule has 2 rings (SSSR count). The summed E-state index contributed by atoms with van der Waals surface area (Å²) in [6.07, 6.45) is 0. The molecule has 8 heteroatoms. The van der Waals surface area contributed by atoms with Crippen molar-refractivity contribution in [1.29, 1.82) is 0 Å². The van der Waals surface area contributed by atoms with E-state index in [0.717, 1.165) is 0 Å². The van der Waals surface area contributed by atoms with Gasteiger partial charge in [-0.25, -0.2) is 9.59 Å². The SMILES string of the molecule is COC(=O)C1=C(C)NC(=O)NC1c1cc(OC)c(O)c(OC)c1. The van der Waals surface area contributed by atoms with E-state index in [9.17, 15) is 14.7 Å². The Morgan fingerprint density at radius 1 is 1.17 bits per heavy atom. The molecule has 1 aromatic carbocycles. The van der Waals surface area contributed by atoms with Crippen LogP contribution in [0.15, 0.2) is 23.4 Å².